The maximum Gasteiger partial charge on any atom is 0.277 e. The number of rotatable bonds is 4. The second-order valence-electron chi connectivity index (χ2n) is 6.43. The zero-order chi connectivity index (χ0) is 18.9. The van der Waals surface area contributed by atoms with E-state index in [1.807, 2.05) is 54.6 Å². The van der Waals surface area contributed by atoms with E-state index in [9.17, 15) is 4.79 Å². The average molecular weight is 388 g/mol. The number of aromatic nitrogens is 3. The second kappa shape index (κ2) is 7.01. The largest absolute Gasteiger partial charge is 0.355 e. The number of carbonyl (C=O) groups excluding carboxylic acids is 1. The summed E-state index contributed by atoms with van der Waals surface area (Å²) in [4.78, 5) is 17.2. The van der Waals surface area contributed by atoms with Crippen LogP contribution in [-0.2, 0) is 6.54 Å². The molecule has 0 saturated carbocycles. The number of anilines is 1. The van der Waals surface area contributed by atoms with Crippen molar-refractivity contribution in [1.82, 2.24) is 14.7 Å². The van der Waals surface area contributed by atoms with E-state index < -0.39 is 0 Å². The maximum absolute atomic E-state index is 12.6. The minimum absolute atomic E-state index is 0.238. The Balaban J connectivity index is 1.35. The summed E-state index contributed by atoms with van der Waals surface area (Å²) in [6.07, 6.45) is 2.06. The monoisotopic (exact) mass is 388 g/mol. The third-order valence-corrected chi connectivity index (χ3v) is 5.49. The Morgan fingerprint density at radius 1 is 1.07 bits per heavy atom. The van der Waals surface area contributed by atoms with Crippen molar-refractivity contribution in [2.75, 3.05) is 11.1 Å². The molecule has 2 aromatic carbocycles. The van der Waals surface area contributed by atoms with Gasteiger partial charge in [-0.3, -0.25) is 4.79 Å². The standard InChI is InChI=1S/C21H16N4O2S/c26-20(17-12-19(27-24-17)14-5-2-1-3-6-14)22-16-8-4-7-15(11-16)18-13-25-9-10-28-21(25)23-18/h1-8,11-13H,9-10H2,(H,22,26). The first-order chi connectivity index (χ1) is 13.8. The van der Waals surface area contributed by atoms with Gasteiger partial charge in [0, 0.05) is 41.4 Å². The number of nitrogens with zero attached hydrogens (tertiary/aromatic N) is 3. The molecular weight excluding hydrogens is 372 g/mol. The fraction of sp³-hybridized carbons (Fsp3) is 0.0952. The number of thioether (sulfide) groups is 1. The molecule has 3 heterocycles. The summed E-state index contributed by atoms with van der Waals surface area (Å²) in [5.41, 5.74) is 3.67. The van der Waals surface area contributed by atoms with Crippen molar-refractivity contribution in [1.29, 1.82) is 0 Å². The van der Waals surface area contributed by atoms with Gasteiger partial charge in [-0.2, -0.15) is 0 Å². The van der Waals surface area contributed by atoms with Gasteiger partial charge in [0.05, 0.1) is 5.69 Å². The highest BCUT2D eigenvalue weighted by Gasteiger charge is 2.17. The van der Waals surface area contributed by atoms with Crippen molar-refractivity contribution < 1.29 is 9.32 Å². The third-order valence-electron chi connectivity index (χ3n) is 4.52. The van der Waals surface area contributed by atoms with Gasteiger partial charge < -0.3 is 14.4 Å². The smallest absolute Gasteiger partial charge is 0.277 e. The molecule has 0 unspecified atom stereocenters. The first kappa shape index (κ1) is 16.8. The van der Waals surface area contributed by atoms with E-state index in [1.165, 1.54) is 0 Å². The molecule has 0 saturated heterocycles. The Hall–Kier alpha value is -3.32. The molecule has 0 atom stereocenters. The van der Waals surface area contributed by atoms with Crippen LogP contribution in [0.15, 0.2) is 76.5 Å². The molecule has 1 aliphatic rings. The molecule has 6 nitrogen and oxygen atoms in total. The van der Waals surface area contributed by atoms with Gasteiger partial charge in [-0.1, -0.05) is 59.4 Å². The van der Waals surface area contributed by atoms with Crippen molar-refractivity contribution in [3.8, 4) is 22.6 Å². The molecule has 1 aliphatic heterocycles. The summed E-state index contributed by atoms with van der Waals surface area (Å²) in [6, 6.07) is 18.9. The van der Waals surface area contributed by atoms with Gasteiger partial charge in [-0.15, -0.1) is 0 Å². The normalized spacial score (nSPS) is 12.7. The summed E-state index contributed by atoms with van der Waals surface area (Å²) in [5.74, 6) is 1.32. The van der Waals surface area contributed by atoms with Crippen LogP contribution in [0.3, 0.4) is 0 Å². The summed E-state index contributed by atoms with van der Waals surface area (Å²) in [7, 11) is 0. The zero-order valence-electron chi connectivity index (χ0n) is 14.8. The molecule has 0 radical (unpaired) electrons. The van der Waals surface area contributed by atoms with Crippen LogP contribution in [0.25, 0.3) is 22.6 Å². The van der Waals surface area contributed by atoms with E-state index in [1.54, 1.807) is 17.8 Å². The highest BCUT2D eigenvalue weighted by Crippen LogP contribution is 2.30. The lowest BCUT2D eigenvalue weighted by molar-refractivity contribution is 0.101. The number of hydrogen-bond acceptors (Lipinski definition) is 5. The predicted molar refractivity (Wildman–Crippen MR) is 108 cm³/mol. The fourth-order valence-electron chi connectivity index (χ4n) is 3.12. The molecule has 0 spiro atoms. The molecule has 7 heteroatoms. The molecule has 1 amide bonds. The van der Waals surface area contributed by atoms with Crippen LogP contribution in [-0.4, -0.2) is 26.4 Å². The van der Waals surface area contributed by atoms with E-state index >= 15 is 0 Å². The molecule has 5 rings (SSSR count). The highest BCUT2D eigenvalue weighted by molar-refractivity contribution is 7.99. The van der Waals surface area contributed by atoms with E-state index in [0.29, 0.717) is 11.4 Å². The number of carbonyl (C=O) groups is 1. The fourth-order valence-corrected chi connectivity index (χ4v) is 4.06. The summed E-state index contributed by atoms with van der Waals surface area (Å²) >= 11 is 1.76. The van der Waals surface area contributed by atoms with Crippen LogP contribution < -0.4 is 5.32 Å². The molecule has 0 bridgehead atoms. The Kier molecular flexibility index (Phi) is 4.21. The van der Waals surface area contributed by atoms with E-state index in [4.69, 9.17) is 4.52 Å². The molecule has 0 aliphatic carbocycles. The number of imidazole rings is 1. The number of fused-ring (bicyclic) bond motifs is 1. The number of hydrogen-bond donors (Lipinski definition) is 1. The lowest BCUT2D eigenvalue weighted by Gasteiger charge is -2.05. The van der Waals surface area contributed by atoms with Gasteiger partial charge in [0.15, 0.2) is 16.6 Å². The van der Waals surface area contributed by atoms with E-state index in [2.05, 4.69) is 26.2 Å². The van der Waals surface area contributed by atoms with Gasteiger partial charge >= 0.3 is 0 Å². The Bertz CT molecular complexity index is 1130. The van der Waals surface area contributed by atoms with Crippen LogP contribution in [0.1, 0.15) is 10.5 Å². The van der Waals surface area contributed by atoms with Gasteiger partial charge in [-0.25, -0.2) is 4.98 Å². The van der Waals surface area contributed by atoms with Crippen LogP contribution in [0.5, 0.6) is 0 Å². The molecule has 28 heavy (non-hydrogen) atoms. The summed E-state index contributed by atoms with van der Waals surface area (Å²) in [5, 5.41) is 7.82. The van der Waals surface area contributed by atoms with Gasteiger partial charge in [0.1, 0.15) is 0 Å². The van der Waals surface area contributed by atoms with Crippen molar-refractivity contribution in [2.24, 2.45) is 0 Å². The van der Waals surface area contributed by atoms with E-state index in [-0.39, 0.29) is 11.6 Å². The molecule has 4 aromatic rings. The molecule has 138 valence electrons. The number of benzene rings is 2. The van der Waals surface area contributed by atoms with Gasteiger partial charge in [0.25, 0.3) is 5.91 Å². The zero-order valence-corrected chi connectivity index (χ0v) is 15.6. The minimum Gasteiger partial charge on any atom is -0.355 e. The van der Waals surface area contributed by atoms with Crippen molar-refractivity contribution in [3.05, 3.63) is 72.6 Å². The van der Waals surface area contributed by atoms with Crippen LogP contribution in [0.4, 0.5) is 5.69 Å². The Morgan fingerprint density at radius 3 is 2.79 bits per heavy atom. The number of nitrogens with one attached hydrogen (secondary N) is 1. The quantitative estimate of drug-likeness (QED) is 0.555. The lowest BCUT2D eigenvalue weighted by Crippen LogP contribution is -2.12. The van der Waals surface area contributed by atoms with Crippen LogP contribution >= 0.6 is 11.8 Å². The Morgan fingerprint density at radius 2 is 1.93 bits per heavy atom. The molecule has 2 aromatic heterocycles. The SMILES string of the molecule is O=C(Nc1cccc(-c2cn3c(n2)SCC3)c1)c1cc(-c2ccccc2)on1. The van der Waals surface area contributed by atoms with Gasteiger partial charge in [-0.05, 0) is 12.1 Å². The van der Waals surface area contributed by atoms with Crippen LogP contribution in [0.2, 0.25) is 0 Å². The van der Waals surface area contributed by atoms with Crippen LogP contribution in [0, 0.1) is 0 Å². The third kappa shape index (κ3) is 3.20. The lowest BCUT2D eigenvalue weighted by atomic mass is 10.1. The first-order valence-electron chi connectivity index (χ1n) is 8.90. The summed E-state index contributed by atoms with van der Waals surface area (Å²) in [6.45, 7) is 0.985. The number of amides is 1. The summed E-state index contributed by atoms with van der Waals surface area (Å²) < 4.78 is 7.47. The average Bonchev–Trinajstić information content (AvgIpc) is 3.45. The minimum atomic E-state index is -0.314. The second-order valence-corrected chi connectivity index (χ2v) is 7.49. The van der Waals surface area contributed by atoms with Crippen molar-refractivity contribution >= 4 is 23.4 Å². The molecular formula is C21H16N4O2S. The predicted octanol–water partition coefficient (Wildman–Crippen LogP) is 4.56. The Labute approximate surface area is 165 Å². The topological polar surface area (TPSA) is 73.0 Å². The molecule has 1 N–H and O–H groups in total. The maximum atomic E-state index is 12.6. The van der Waals surface area contributed by atoms with E-state index in [0.717, 1.165) is 34.3 Å². The number of aryl methyl sites for hydroxylation is 1. The highest BCUT2D eigenvalue weighted by atomic mass is 32.2. The first-order valence-corrected chi connectivity index (χ1v) is 9.89. The van der Waals surface area contributed by atoms with Crippen molar-refractivity contribution in [2.45, 2.75) is 11.7 Å². The molecule has 0 fully saturated rings. The van der Waals surface area contributed by atoms with Gasteiger partial charge in [0.2, 0.25) is 0 Å². The van der Waals surface area contributed by atoms with Crippen molar-refractivity contribution in [3.63, 3.8) is 0 Å².